The molecule has 1 amide bonds. The molecule has 1 aliphatic rings. The molecular weight excluding hydrogens is 398 g/mol. The molecule has 3 aromatic heterocycles. The van der Waals surface area contributed by atoms with Crippen LogP contribution in [0.2, 0.25) is 0 Å². The van der Waals surface area contributed by atoms with Crippen LogP contribution in [0.25, 0.3) is 10.2 Å². The number of rotatable bonds is 5. The predicted molar refractivity (Wildman–Crippen MR) is 109 cm³/mol. The molecular formula is C19H19N3O4S2. The molecule has 0 radical (unpaired) electrons. The van der Waals surface area contributed by atoms with Crippen LogP contribution in [0.1, 0.15) is 25.7 Å². The molecule has 0 bridgehead atoms. The van der Waals surface area contributed by atoms with Crippen LogP contribution < -0.4 is 5.32 Å². The van der Waals surface area contributed by atoms with Crippen molar-refractivity contribution in [1.29, 1.82) is 0 Å². The van der Waals surface area contributed by atoms with Crippen molar-refractivity contribution >= 4 is 50.5 Å². The minimum atomic E-state index is -0.488. The molecule has 4 rings (SSSR count). The smallest absolute Gasteiger partial charge is 0.350 e. The molecule has 146 valence electrons. The zero-order chi connectivity index (χ0) is 19.5. The number of nitrogens with one attached hydrogen (secondary N) is 1. The molecule has 0 saturated carbocycles. The molecule has 0 atom stereocenters. The number of carbonyl (C=O) groups excluding carboxylic acids is 2. The van der Waals surface area contributed by atoms with E-state index in [0.717, 1.165) is 43.9 Å². The van der Waals surface area contributed by atoms with Crippen molar-refractivity contribution in [2.45, 2.75) is 6.54 Å². The Bertz CT molecular complexity index is 994. The van der Waals surface area contributed by atoms with Gasteiger partial charge in [0, 0.05) is 30.4 Å². The third-order valence-corrected chi connectivity index (χ3v) is 6.26. The molecule has 28 heavy (non-hydrogen) atoms. The number of morpholine rings is 1. The summed E-state index contributed by atoms with van der Waals surface area (Å²) in [6.45, 7) is 3.93. The normalized spacial score (nSPS) is 14.9. The number of hydrogen-bond donors (Lipinski definition) is 1. The molecule has 7 nitrogen and oxygen atoms in total. The molecule has 1 fully saturated rings. The highest BCUT2D eigenvalue weighted by molar-refractivity contribution is 7.21. The van der Waals surface area contributed by atoms with Gasteiger partial charge in [-0.05, 0) is 23.6 Å². The van der Waals surface area contributed by atoms with Crippen molar-refractivity contribution in [2.24, 2.45) is 0 Å². The molecule has 1 saturated heterocycles. The average Bonchev–Trinajstić information content (AvgIpc) is 3.37. The van der Waals surface area contributed by atoms with Crippen LogP contribution in [0.5, 0.6) is 0 Å². The first-order chi connectivity index (χ1) is 13.7. The van der Waals surface area contributed by atoms with E-state index in [4.69, 9.17) is 14.5 Å². The molecule has 1 aliphatic heterocycles. The van der Waals surface area contributed by atoms with Crippen molar-refractivity contribution in [2.75, 3.05) is 38.7 Å². The molecule has 3 aromatic rings. The zero-order valence-electron chi connectivity index (χ0n) is 15.3. The van der Waals surface area contributed by atoms with E-state index in [9.17, 15) is 9.59 Å². The van der Waals surface area contributed by atoms with E-state index in [1.165, 1.54) is 29.8 Å². The summed E-state index contributed by atoms with van der Waals surface area (Å²) in [6, 6.07) is 5.58. The third kappa shape index (κ3) is 3.93. The second-order valence-electron chi connectivity index (χ2n) is 6.31. The second-order valence-corrected chi connectivity index (χ2v) is 8.09. The van der Waals surface area contributed by atoms with Gasteiger partial charge in [-0.2, -0.15) is 11.3 Å². The summed E-state index contributed by atoms with van der Waals surface area (Å²) in [5.74, 6) is -0.748. The van der Waals surface area contributed by atoms with Gasteiger partial charge in [-0.25, -0.2) is 9.78 Å². The summed E-state index contributed by atoms with van der Waals surface area (Å²) in [5, 5.41) is 7.20. The number of esters is 1. The summed E-state index contributed by atoms with van der Waals surface area (Å²) in [7, 11) is 1.33. The Balaban J connectivity index is 1.66. The zero-order valence-corrected chi connectivity index (χ0v) is 16.9. The van der Waals surface area contributed by atoms with Gasteiger partial charge in [-0.15, -0.1) is 11.3 Å². The van der Waals surface area contributed by atoms with Gasteiger partial charge >= 0.3 is 5.97 Å². The lowest BCUT2D eigenvalue weighted by Gasteiger charge is -2.26. The number of thiophene rings is 2. The van der Waals surface area contributed by atoms with Crippen LogP contribution >= 0.6 is 22.7 Å². The van der Waals surface area contributed by atoms with Crippen molar-refractivity contribution in [3.63, 3.8) is 0 Å². The Morgan fingerprint density at radius 3 is 2.82 bits per heavy atom. The topological polar surface area (TPSA) is 80.8 Å². The lowest BCUT2D eigenvalue weighted by molar-refractivity contribution is 0.0337. The highest BCUT2D eigenvalue weighted by atomic mass is 32.1. The van der Waals surface area contributed by atoms with E-state index in [0.29, 0.717) is 21.0 Å². The fourth-order valence-electron chi connectivity index (χ4n) is 3.03. The number of methoxy groups -OCH3 is 1. The quantitative estimate of drug-likeness (QED) is 0.642. The van der Waals surface area contributed by atoms with Crippen LogP contribution in [-0.2, 0) is 16.0 Å². The largest absolute Gasteiger partial charge is 0.465 e. The Kier molecular flexibility index (Phi) is 5.67. The molecule has 0 aliphatic carbocycles. The number of amides is 1. The van der Waals surface area contributed by atoms with Crippen molar-refractivity contribution < 1.29 is 19.1 Å². The van der Waals surface area contributed by atoms with Gasteiger partial charge in [0.1, 0.15) is 9.71 Å². The number of ether oxygens (including phenoxy) is 2. The lowest BCUT2D eigenvalue weighted by Crippen LogP contribution is -2.35. The first-order valence-corrected chi connectivity index (χ1v) is 10.6. The van der Waals surface area contributed by atoms with E-state index in [1.807, 2.05) is 17.5 Å². The number of nitrogens with zero attached hydrogens (tertiary/aromatic N) is 2. The minimum absolute atomic E-state index is 0.261. The number of carbonyl (C=O) groups is 2. The van der Waals surface area contributed by atoms with Gasteiger partial charge < -0.3 is 14.8 Å². The first kappa shape index (κ1) is 19.0. The summed E-state index contributed by atoms with van der Waals surface area (Å²) in [4.78, 5) is 32.8. The Hall–Kier alpha value is -2.33. The average molecular weight is 418 g/mol. The Labute approximate surface area is 169 Å². The SMILES string of the molecule is COC(=O)c1sc2nc(CN3CCOCC3)ccc2c1NC(=O)c1ccsc1. The number of pyridine rings is 1. The molecule has 0 spiro atoms. The highest BCUT2D eigenvalue weighted by Gasteiger charge is 2.23. The van der Waals surface area contributed by atoms with Crippen molar-refractivity contribution in [3.05, 3.63) is 45.1 Å². The number of aromatic nitrogens is 1. The maximum absolute atomic E-state index is 12.5. The molecule has 4 heterocycles. The number of fused-ring (bicyclic) bond motifs is 1. The molecule has 0 aromatic carbocycles. The summed E-state index contributed by atoms with van der Waals surface area (Å²) in [5.41, 5.74) is 1.92. The van der Waals surface area contributed by atoms with Crippen molar-refractivity contribution in [1.82, 2.24) is 9.88 Å². The fourth-order valence-corrected chi connectivity index (χ4v) is 4.74. The van der Waals surface area contributed by atoms with Gasteiger partial charge in [0.15, 0.2) is 0 Å². The second kappa shape index (κ2) is 8.36. The van der Waals surface area contributed by atoms with E-state index in [2.05, 4.69) is 10.2 Å². The summed E-state index contributed by atoms with van der Waals surface area (Å²) in [6.07, 6.45) is 0. The van der Waals surface area contributed by atoms with Gasteiger partial charge in [0.2, 0.25) is 0 Å². The monoisotopic (exact) mass is 417 g/mol. The van der Waals surface area contributed by atoms with Crippen LogP contribution in [0.4, 0.5) is 5.69 Å². The number of hydrogen-bond acceptors (Lipinski definition) is 8. The highest BCUT2D eigenvalue weighted by Crippen LogP contribution is 2.36. The Morgan fingerprint density at radius 2 is 2.11 bits per heavy atom. The van der Waals surface area contributed by atoms with Crippen LogP contribution in [0, 0.1) is 0 Å². The van der Waals surface area contributed by atoms with E-state index >= 15 is 0 Å². The van der Waals surface area contributed by atoms with Gasteiger partial charge in [0.05, 0.1) is 37.3 Å². The molecule has 1 N–H and O–H groups in total. The van der Waals surface area contributed by atoms with Crippen LogP contribution in [-0.4, -0.2) is 55.2 Å². The standard InChI is InChI=1S/C19H19N3O4S2/c1-25-19(24)16-15(21-17(23)12-4-9-27-11-12)14-3-2-13(20-18(14)28-16)10-22-5-7-26-8-6-22/h2-4,9,11H,5-8,10H2,1H3,(H,21,23). The van der Waals surface area contributed by atoms with E-state index in [1.54, 1.807) is 11.4 Å². The third-order valence-electron chi connectivity index (χ3n) is 4.50. The van der Waals surface area contributed by atoms with Crippen molar-refractivity contribution in [3.8, 4) is 0 Å². The van der Waals surface area contributed by atoms with Crippen LogP contribution in [0.15, 0.2) is 29.0 Å². The van der Waals surface area contributed by atoms with E-state index in [-0.39, 0.29) is 5.91 Å². The summed E-state index contributed by atoms with van der Waals surface area (Å²) < 4.78 is 10.3. The summed E-state index contributed by atoms with van der Waals surface area (Å²) >= 11 is 2.67. The Morgan fingerprint density at radius 1 is 1.29 bits per heavy atom. The van der Waals surface area contributed by atoms with Gasteiger partial charge in [-0.1, -0.05) is 0 Å². The first-order valence-electron chi connectivity index (χ1n) is 8.80. The molecule has 0 unspecified atom stereocenters. The number of anilines is 1. The predicted octanol–water partition coefficient (Wildman–Crippen LogP) is 3.23. The minimum Gasteiger partial charge on any atom is -0.465 e. The maximum atomic E-state index is 12.5. The van der Waals surface area contributed by atoms with Gasteiger partial charge in [0.25, 0.3) is 5.91 Å². The maximum Gasteiger partial charge on any atom is 0.350 e. The fraction of sp³-hybridized carbons (Fsp3) is 0.316. The van der Waals surface area contributed by atoms with Gasteiger partial charge in [-0.3, -0.25) is 9.69 Å². The van der Waals surface area contributed by atoms with Crippen LogP contribution in [0.3, 0.4) is 0 Å². The molecule has 9 heteroatoms. The van der Waals surface area contributed by atoms with E-state index < -0.39 is 5.97 Å². The lowest BCUT2D eigenvalue weighted by atomic mass is 10.2.